The molecule has 0 aliphatic carbocycles. The summed E-state index contributed by atoms with van der Waals surface area (Å²) in [6, 6.07) is 17.4. The van der Waals surface area contributed by atoms with Gasteiger partial charge in [-0.15, -0.1) is 0 Å². The minimum absolute atomic E-state index is 0.0964. The molecule has 0 saturated carbocycles. The third-order valence-electron chi connectivity index (χ3n) is 4.45. The van der Waals surface area contributed by atoms with E-state index in [4.69, 9.17) is 0 Å². The lowest BCUT2D eigenvalue weighted by atomic mass is 9.84. The van der Waals surface area contributed by atoms with Gasteiger partial charge in [-0.2, -0.15) is 5.10 Å². The highest BCUT2D eigenvalue weighted by molar-refractivity contribution is 5.94. The summed E-state index contributed by atoms with van der Waals surface area (Å²) in [4.78, 5) is 14.1. The van der Waals surface area contributed by atoms with Crippen molar-refractivity contribution in [2.45, 2.75) is 19.3 Å². The number of para-hydroxylation sites is 1. The maximum Gasteiger partial charge on any atom is 0.271 e. The molecule has 0 saturated heterocycles. The second-order valence-electron chi connectivity index (χ2n) is 6.34. The van der Waals surface area contributed by atoms with E-state index in [1.165, 1.54) is 11.3 Å². The molecule has 0 aromatic heterocycles. The SMILES string of the molecule is CN1/C(=C\C=N/NC(=O)c2ccccc2)C(C)(C)c2ccccc21. The summed E-state index contributed by atoms with van der Waals surface area (Å²) >= 11 is 0. The van der Waals surface area contributed by atoms with Crippen molar-refractivity contribution in [2.24, 2.45) is 5.10 Å². The van der Waals surface area contributed by atoms with E-state index < -0.39 is 0 Å². The summed E-state index contributed by atoms with van der Waals surface area (Å²) in [6.07, 6.45) is 3.59. The number of hydrogen-bond donors (Lipinski definition) is 1. The molecule has 0 fully saturated rings. The Hall–Kier alpha value is -2.88. The van der Waals surface area contributed by atoms with Gasteiger partial charge in [-0.05, 0) is 29.8 Å². The zero-order chi connectivity index (χ0) is 17.2. The first kappa shape index (κ1) is 16.0. The molecule has 122 valence electrons. The van der Waals surface area contributed by atoms with Crippen molar-refractivity contribution >= 4 is 17.8 Å². The lowest BCUT2D eigenvalue weighted by Gasteiger charge is -2.23. The molecule has 1 aliphatic rings. The van der Waals surface area contributed by atoms with E-state index in [0.29, 0.717) is 5.56 Å². The maximum atomic E-state index is 12.0. The Morgan fingerprint density at radius 3 is 2.46 bits per heavy atom. The molecule has 0 radical (unpaired) electrons. The van der Waals surface area contributed by atoms with Crippen LogP contribution in [0.4, 0.5) is 5.69 Å². The topological polar surface area (TPSA) is 44.7 Å². The zero-order valence-electron chi connectivity index (χ0n) is 14.2. The molecule has 4 heteroatoms. The number of carbonyl (C=O) groups is 1. The van der Waals surface area contributed by atoms with Gasteiger partial charge in [-0.25, -0.2) is 5.43 Å². The Balaban J connectivity index is 1.74. The second kappa shape index (κ2) is 6.32. The fourth-order valence-corrected chi connectivity index (χ4v) is 3.16. The minimum Gasteiger partial charge on any atom is -0.347 e. The highest BCUT2D eigenvalue weighted by Crippen LogP contribution is 2.46. The van der Waals surface area contributed by atoms with Crippen LogP contribution in [0.25, 0.3) is 0 Å². The Morgan fingerprint density at radius 1 is 1.08 bits per heavy atom. The number of hydrazone groups is 1. The first-order chi connectivity index (χ1) is 11.5. The minimum atomic E-state index is -0.215. The summed E-state index contributed by atoms with van der Waals surface area (Å²) < 4.78 is 0. The normalized spacial score (nSPS) is 17.3. The van der Waals surface area contributed by atoms with Crippen molar-refractivity contribution in [3.05, 3.63) is 77.5 Å². The predicted octanol–water partition coefficient (Wildman–Crippen LogP) is 3.71. The van der Waals surface area contributed by atoms with E-state index >= 15 is 0 Å². The third-order valence-corrected chi connectivity index (χ3v) is 4.45. The van der Waals surface area contributed by atoms with Crippen LogP contribution < -0.4 is 10.3 Å². The van der Waals surface area contributed by atoms with Crippen molar-refractivity contribution in [3.63, 3.8) is 0 Å². The van der Waals surface area contributed by atoms with Gasteiger partial charge in [0.05, 0.1) is 0 Å². The molecular weight excluding hydrogens is 298 g/mol. The number of nitrogens with one attached hydrogen (secondary N) is 1. The molecule has 24 heavy (non-hydrogen) atoms. The third kappa shape index (κ3) is 2.83. The first-order valence-corrected chi connectivity index (χ1v) is 7.94. The van der Waals surface area contributed by atoms with Gasteiger partial charge in [-0.1, -0.05) is 50.2 Å². The number of hydrogen-bond acceptors (Lipinski definition) is 3. The molecule has 2 aromatic carbocycles. The monoisotopic (exact) mass is 319 g/mol. The van der Waals surface area contributed by atoms with E-state index in [2.05, 4.69) is 54.5 Å². The van der Waals surface area contributed by atoms with Crippen molar-refractivity contribution in [1.82, 2.24) is 5.43 Å². The number of benzene rings is 2. The number of rotatable bonds is 3. The molecule has 0 bridgehead atoms. The number of allylic oxidation sites excluding steroid dienone is 2. The van der Waals surface area contributed by atoms with Gasteiger partial charge in [-0.3, -0.25) is 4.79 Å². The van der Waals surface area contributed by atoms with E-state index in [9.17, 15) is 4.79 Å². The van der Waals surface area contributed by atoms with Gasteiger partial charge < -0.3 is 4.90 Å². The number of fused-ring (bicyclic) bond motifs is 1. The van der Waals surface area contributed by atoms with Gasteiger partial charge in [0.1, 0.15) is 0 Å². The quantitative estimate of drug-likeness (QED) is 0.692. The molecule has 2 aromatic rings. The van der Waals surface area contributed by atoms with Crippen LogP contribution in [-0.4, -0.2) is 19.2 Å². The molecule has 4 nitrogen and oxygen atoms in total. The summed E-state index contributed by atoms with van der Waals surface area (Å²) in [7, 11) is 2.05. The lowest BCUT2D eigenvalue weighted by Crippen LogP contribution is -2.23. The van der Waals surface area contributed by atoms with Crippen LogP contribution in [0.5, 0.6) is 0 Å². The summed E-state index contributed by atoms with van der Waals surface area (Å²) in [5, 5.41) is 4.05. The van der Waals surface area contributed by atoms with Gasteiger partial charge in [0.2, 0.25) is 0 Å². The summed E-state index contributed by atoms with van der Waals surface area (Å²) in [5.74, 6) is -0.215. The average Bonchev–Trinajstić information content (AvgIpc) is 2.80. The van der Waals surface area contributed by atoms with E-state index in [0.717, 1.165) is 5.70 Å². The zero-order valence-corrected chi connectivity index (χ0v) is 14.2. The molecule has 0 atom stereocenters. The molecule has 3 rings (SSSR count). The van der Waals surface area contributed by atoms with Crippen molar-refractivity contribution in [3.8, 4) is 0 Å². The molecule has 1 amide bonds. The van der Waals surface area contributed by atoms with Crippen LogP contribution in [0.2, 0.25) is 0 Å². The fraction of sp³-hybridized carbons (Fsp3) is 0.200. The Labute approximate surface area is 142 Å². The van der Waals surface area contributed by atoms with Crippen LogP contribution >= 0.6 is 0 Å². The second-order valence-corrected chi connectivity index (χ2v) is 6.34. The number of amides is 1. The number of anilines is 1. The van der Waals surface area contributed by atoms with Gasteiger partial charge in [0, 0.05) is 35.6 Å². The van der Waals surface area contributed by atoms with E-state index in [-0.39, 0.29) is 11.3 Å². The molecule has 0 spiro atoms. The van der Waals surface area contributed by atoms with Crippen LogP contribution in [0.15, 0.2) is 71.5 Å². The Morgan fingerprint density at radius 2 is 1.75 bits per heavy atom. The number of nitrogens with zero attached hydrogens (tertiary/aromatic N) is 2. The van der Waals surface area contributed by atoms with E-state index in [1.807, 2.05) is 30.3 Å². The van der Waals surface area contributed by atoms with Crippen molar-refractivity contribution < 1.29 is 4.79 Å². The van der Waals surface area contributed by atoms with E-state index in [1.54, 1.807) is 18.3 Å². The molecular formula is C20H21N3O. The van der Waals surface area contributed by atoms with Gasteiger partial charge >= 0.3 is 0 Å². The van der Waals surface area contributed by atoms with Crippen molar-refractivity contribution in [1.29, 1.82) is 0 Å². The number of carbonyl (C=O) groups excluding carboxylic acids is 1. The first-order valence-electron chi connectivity index (χ1n) is 7.94. The van der Waals surface area contributed by atoms with Crippen LogP contribution in [0.1, 0.15) is 29.8 Å². The lowest BCUT2D eigenvalue weighted by molar-refractivity contribution is 0.0955. The highest BCUT2D eigenvalue weighted by Gasteiger charge is 2.37. The standard InChI is InChI=1S/C20H21N3O/c1-20(2)16-11-7-8-12-17(16)23(3)18(20)13-14-21-22-19(24)15-9-5-4-6-10-15/h4-14H,1-3H3,(H,22,24)/b18-13-,21-14-. The maximum absolute atomic E-state index is 12.0. The molecule has 1 aliphatic heterocycles. The molecule has 0 unspecified atom stereocenters. The largest absolute Gasteiger partial charge is 0.347 e. The van der Waals surface area contributed by atoms with Crippen LogP contribution in [-0.2, 0) is 5.41 Å². The Bertz CT molecular complexity index is 807. The molecule has 1 heterocycles. The van der Waals surface area contributed by atoms with Gasteiger partial charge in [0.25, 0.3) is 5.91 Å². The average molecular weight is 319 g/mol. The van der Waals surface area contributed by atoms with Crippen LogP contribution in [0, 0.1) is 0 Å². The Kier molecular flexibility index (Phi) is 4.21. The van der Waals surface area contributed by atoms with Gasteiger partial charge in [0.15, 0.2) is 0 Å². The number of likely N-dealkylation sites (N-methyl/N-ethyl adjacent to an activating group) is 1. The predicted molar refractivity (Wildman–Crippen MR) is 98.4 cm³/mol. The summed E-state index contributed by atoms with van der Waals surface area (Å²) in [5.41, 5.74) is 6.68. The highest BCUT2D eigenvalue weighted by atomic mass is 16.2. The van der Waals surface area contributed by atoms with Crippen LogP contribution in [0.3, 0.4) is 0 Å². The fourth-order valence-electron chi connectivity index (χ4n) is 3.16. The van der Waals surface area contributed by atoms with Crippen molar-refractivity contribution in [2.75, 3.05) is 11.9 Å². The smallest absolute Gasteiger partial charge is 0.271 e. The molecule has 1 N–H and O–H groups in total. The summed E-state index contributed by atoms with van der Waals surface area (Å²) in [6.45, 7) is 4.38.